The molecule has 0 spiro atoms. The van der Waals surface area contributed by atoms with Crippen LogP contribution in [0.5, 0.6) is 0 Å². The Labute approximate surface area is 266 Å². The van der Waals surface area contributed by atoms with E-state index in [0.29, 0.717) is 37.6 Å². The number of carbonyl (C=O) groups is 2. The fraction of sp³-hybridized carbons (Fsp3) is 0.667. The number of piperidine rings is 2. The van der Waals surface area contributed by atoms with Crippen LogP contribution in [-0.4, -0.2) is 85.1 Å². The van der Waals surface area contributed by atoms with Crippen molar-refractivity contribution in [1.29, 1.82) is 0 Å². The fourth-order valence-corrected chi connectivity index (χ4v) is 7.41. The fourth-order valence-electron chi connectivity index (χ4n) is 7.41. The van der Waals surface area contributed by atoms with E-state index < -0.39 is 60.7 Å². The predicted octanol–water partition coefficient (Wildman–Crippen LogP) is 3.47. The van der Waals surface area contributed by atoms with Gasteiger partial charge >= 0.3 is 6.18 Å². The first-order chi connectivity index (χ1) is 22.4. The number of rotatable bonds is 8. The maximum atomic E-state index is 14.7. The molecule has 4 saturated heterocycles. The van der Waals surface area contributed by atoms with Gasteiger partial charge in [-0.3, -0.25) is 14.3 Å². The lowest BCUT2D eigenvalue weighted by molar-refractivity contribution is -0.183. The first-order valence-corrected chi connectivity index (χ1v) is 16.1. The van der Waals surface area contributed by atoms with Crippen LogP contribution >= 0.6 is 0 Å². The van der Waals surface area contributed by atoms with Crippen LogP contribution in [0.25, 0.3) is 5.78 Å². The van der Waals surface area contributed by atoms with Gasteiger partial charge in [0, 0.05) is 64.0 Å². The second-order valence-corrected chi connectivity index (χ2v) is 13.1. The number of carbonyl (C=O) groups excluding carboxylic acids is 2. The zero-order valence-electron chi connectivity index (χ0n) is 25.7. The summed E-state index contributed by atoms with van der Waals surface area (Å²) in [5.41, 5.74) is 0.880. The highest BCUT2D eigenvalue weighted by atomic mass is 19.4. The van der Waals surface area contributed by atoms with Crippen LogP contribution in [0.3, 0.4) is 0 Å². The Balaban J connectivity index is 1.25. The van der Waals surface area contributed by atoms with Crippen LogP contribution in [-0.2, 0) is 22.5 Å². The summed E-state index contributed by atoms with van der Waals surface area (Å²) in [6.07, 6.45) is -1.05. The zero-order chi connectivity index (χ0) is 33.1. The summed E-state index contributed by atoms with van der Waals surface area (Å²) < 4.78 is 78.8. The molecule has 2 N–H and O–H groups in total. The molecule has 3 aromatic rings. The van der Waals surface area contributed by atoms with E-state index >= 15 is 0 Å². The molecule has 6 atom stereocenters. The maximum absolute atomic E-state index is 14.7. The molecule has 254 valence electrons. The van der Waals surface area contributed by atoms with E-state index in [9.17, 15) is 31.5 Å². The van der Waals surface area contributed by atoms with Gasteiger partial charge < -0.3 is 20.3 Å². The molecule has 12 nitrogen and oxygen atoms in total. The minimum absolute atomic E-state index is 0.0216. The third-order valence-electron chi connectivity index (χ3n) is 9.81. The molecule has 3 aromatic heterocycles. The molecule has 0 aromatic carbocycles. The maximum Gasteiger partial charge on any atom is 0.393 e. The topological polar surface area (TPSA) is 132 Å². The summed E-state index contributed by atoms with van der Waals surface area (Å²) in [5.74, 6) is -6.64. The van der Waals surface area contributed by atoms with Gasteiger partial charge in [0.25, 0.3) is 11.7 Å². The van der Waals surface area contributed by atoms with Crippen molar-refractivity contribution in [1.82, 2.24) is 40.0 Å². The first kappa shape index (κ1) is 31.7. The quantitative estimate of drug-likeness (QED) is 0.350. The van der Waals surface area contributed by atoms with Crippen molar-refractivity contribution in [2.24, 2.45) is 17.8 Å². The molecule has 2 bridgehead atoms. The second kappa shape index (κ2) is 12.0. The monoisotopic (exact) mass is 665 g/mol. The van der Waals surface area contributed by atoms with Crippen LogP contribution in [0.15, 0.2) is 18.5 Å². The number of nitrogens with zero attached hydrogens (tertiary/aromatic N) is 7. The Hall–Kier alpha value is -3.89. The van der Waals surface area contributed by atoms with Crippen LogP contribution in [0, 0.1) is 17.8 Å². The average Bonchev–Trinajstić information content (AvgIpc) is 3.66. The van der Waals surface area contributed by atoms with Gasteiger partial charge in [0.15, 0.2) is 5.82 Å². The van der Waals surface area contributed by atoms with Crippen molar-refractivity contribution >= 4 is 23.4 Å². The summed E-state index contributed by atoms with van der Waals surface area (Å²) in [6.45, 7) is 2.77. The number of aromatic nitrogens is 6. The van der Waals surface area contributed by atoms with Gasteiger partial charge in [-0.25, -0.2) is 18.3 Å². The van der Waals surface area contributed by atoms with Crippen LogP contribution in [0.1, 0.15) is 73.4 Å². The Bertz CT molecular complexity index is 1640. The standard InChI is InChI=1S/C30H36F5N9O3/c1-2-43-23(5-7-37-43)27(46)39-24(16-4-3-6-29(31,32)11-16)22-15-44-28(38-22)40-25(42-13-19-10-20(14-42)47-19)21(41-44)9-17-8-18(30(33,34)35)12-36-26(17)45/h5,7,15-20,24H,2-4,6,8-14H2,1H3,(H,36,45)(H,39,46)/t16-,17?,18-,19?,20?,24+/m1/s1. The number of morpholine rings is 1. The normalized spacial score (nSPS) is 28.1. The molecule has 5 aliphatic rings. The van der Waals surface area contributed by atoms with Crippen molar-refractivity contribution in [2.45, 2.75) is 88.8 Å². The zero-order valence-corrected chi connectivity index (χ0v) is 25.7. The van der Waals surface area contributed by atoms with E-state index in [1.807, 2.05) is 11.8 Å². The summed E-state index contributed by atoms with van der Waals surface area (Å²) in [5, 5.41) is 14.2. The smallest absolute Gasteiger partial charge is 0.371 e. The SMILES string of the molecule is CCn1nccc1C(=O)N[C@H](c1cn2nc(CC3C[C@@H](C(F)(F)F)CNC3=O)c(N3CC4CC(C3)O4)nc2n1)[C@@H]1CCCC(F)(F)C1. The van der Waals surface area contributed by atoms with E-state index in [-0.39, 0.29) is 55.1 Å². The van der Waals surface area contributed by atoms with Crippen LogP contribution in [0.4, 0.5) is 27.8 Å². The molecule has 1 saturated carbocycles. The van der Waals surface area contributed by atoms with Gasteiger partial charge in [-0.2, -0.15) is 28.4 Å². The summed E-state index contributed by atoms with van der Waals surface area (Å²) in [4.78, 5) is 37.6. The minimum Gasteiger partial charge on any atom is -0.371 e. The van der Waals surface area contributed by atoms with Crippen molar-refractivity contribution in [3.8, 4) is 0 Å². The molecule has 2 amide bonds. The van der Waals surface area contributed by atoms with Crippen molar-refractivity contribution in [2.75, 3.05) is 24.5 Å². The van der Waals surface area contributed by atoms with Crippen molar-refractivity contribution < 1.29 is 36.3 Å². The molecule has 8 rings (SSSR count). The van der Waals surface area contributed by atoms with E-state index in [1.54, 1.807) is 6.07 Å². The minimum atomic E-state index is -4.46. The molecule has 0 radical (unpaired) electrons. The van der Waals surface area contributed by atoms with Crippen molar-refractivity contribution in [3.05, 3.63) is 35.5 Å². The number of nitrogens with one attached hydrogen (secondary N) is 2. The third kappa shape index (κ3) is 6.37. The summed E-state index contributed by atoms with van der Waals surface area (Å²) in [6, 6.07) is 0.644. The van der Waals surface area contributed by atoms with Crippen molar-refractivity contribution in [3.63, 3.8) is 0 Å². The van der Waals surface area contributed by atoms with Gasteiger partial charge in [0.05, 0.1) is 36.1 Å². The molecule has 3 unspecified atom stereocenters. The number of hydrogen-bond donors (Lipinski definition) is 2. The van der Waals surface area contributed by atoms with E-state index in [1.165, 1.54) is 21.6 Å². The molecule has 5 fully saturated rings. The number of fused-ring (bicyclic) bond motifs is 3. The number of alkyl halides is 5. The number of halogens is 5. The Morgan fingerprint density at radius 1 is 1.21 bits per heavy atom. The van der Waals surface area contributed by atoms with E-state index in [4.69, 9.17) is 14.8 Å². The lowest BCUT2D eigenvalue weighted by Crippen LogP contribution is -2.57. The molecule has 4 aliphatic heterocycles. The molecular formula is C30H36F5N9O3. The lowest BCUT2D eigenvalue weighted by atomic mass is 9.80. The third-order valence-corrected chi connectivity index (χ3v) is 9.81. The Morgan fingerprint density at radius 3 is 2.68 bits per heavy atom. The molecule has 17 heteroatoms. The molecule has 7 heterocycles. The summed E-state index contributed by atoms with van der Waals surface area (Å²) >= 11 is 0. The number of hydrogen-bond acceptors (Lipinski definition) is 8. The number of amides is 2. The predicted molar refractivity (Wildman–Crippen MR) is 156 cm³/mol. The van der Waals surface area contributed by atoms with E-state index in [2.05, 4.69) is 20.7 Å². The Morgan fingerprint density at radius 2 is 1.98 bits per heavy atom. The lowest BCUT2D eigenvalue weighted by Gasteiger charge is -2.47. The van der Waals surface area contributed by atoms with Crippen LogP contribution < -0.4 is 15.5 Å². The number of imidazole rings is 1. The van der Waals surface area contributed by atoms with E-state index in [0.717, 1.165) is 6.42 Å². The van der Waals surface area contributed by atoms with Gasteiger partial charge in [-0.15, -0.1) is 0 Å². The largest absolute Gasteiger partial charge is 0.393 e. The van der Waals surface area contributed by atoms with Gasteiger partial charge in [0.1, 0.15) is 11.4 Å². The average molecular weight is 666 g/mol. The van der Waals surface area contributed by atoms with Gasteiger partial charge in [0.2, 0.25) is 11.8 Å². The number of ether oxygens (including phenoxy) is 1. The number of anilines is 1. The van der Waals surface area contributed by atoms with Crippen LogP contribution in [0.2, 0.25) is 0 Å². The highest BCUT2D eigenvalue weighted by Crippen LogP contribution is 2.42. The van der Waals surface area contributed by atoms with Gasteiger partial charge in [-0.05, 0) is 38.2 Å². The number of aryl methyl sites for hydroxylation is 1. The molecular weight excluding hydrogens is 629 g/mol. The highest BCUT2D eigenvalue weighted by molar-refractivity contribution is 5.92. The molecule has 47 heavy (non-hydrogen) atoms. The second-order valence-electron chi connectivity index (χ2n) is 13.1. The highest BCUT2D eigenvalue weighted by Gasteiger charge is 2.46. The van der Waals surface area contributed by atoms with Gasteiger partial charge in [-0.1, -0.05) is 0 Å². The molecule has 1 aliphatic carbocycles. The summed E-state index contributed by atoms with van der Waals surface area (Å²) in [7, 11) is 0. The Kier molecular flexibility index (Phi) is 8.07. The first-order valence-electron chi connectivity index (χ1n) is 16.1.